The first-order valence-electron chi connectivity index (χ1n) is 7.83. The van der Waals surface area contributed by atoms with E-state index in [9.17, 15) is 9.59 Å². The van der Waals surface area contributed by atoms with Gasteiger partial charge in [-0.05, 0) is 24.6 Å². The first-order valence-corrected chi connectivity index (χ1v) is 7.83. The number of amides is 2. The summed E-state index contributed by atoms with van der Waals surface area (Å²) < 4.78 is 1.73. The maximum absolute atomic E-state index is 12.9. The van der Waals surface area contributed by atoms with E-state index in [0.717, 1.165) is 17.3 Å². The van der Waals surface area contributed by atoms with Crippen LogP contribution in [0.3, 0.4) is 0 Å². The lowest BCUT2D eigenvalue weighted by molar-refractivity contribution is 0.0788. The minimum Gasteiger partial charge on any atom is -0.366 e. The molecule has 4 rings (SSSR count). The largest absolute Gasteiger partial charge is 0.366 e. The second-order valence-corrected chi connectivity index (χ2v) is 6.01. The van der Waals surface area contributed by atoms with Crippen molar-refractivity contribution in [2.24, 2.45) is 5.73 Å². The monoisotopic (exact) mass is 323 g/mol. The molecule has 0 aliphatic carbocycles. The predicted molar refractivity (Wildman–Crippen MR) is 88.6 cm³/mol. The molecule has 3 aromatic rings. The van der Waals surface area contributed by atoms with Crippen LogP contribution in [0.4, 0.5) is 0 Å². The van der Waals surface area contributed by atoms with E-state index < -0.39 is 5.91 Å². The van der Waals surface area contributed by atoms with Crippen LogP contribution in [0.1, 0.15) is 33.2 Å². The first-order chi connectivity index (χ1) is 11.6. The van der Waals surface area contributed by atoms with E-state index in [0.29, 0.717) is 24.2 Å². The number of nitrogens with one attached hydrogen (secondary N) is 1. The van der Waals surface area contributed by atoms with Crippen LogP contribution in [0.2, 0.25) is 0 Å². The Kier molecular flexibility index (Phi) is 3.34. The van der Waals surface area contributed by atoms with Gasteiger partial charge >= 0.3 is 0 Å². The van der Waals surface area contributed by atoms with E-state index >= 15 is 0 Å². The number of nitrogens with zero attached hydrogens (tertiary/aromatic N) is 3. The molecule has 3 heterocycles. The lowest BCUT2D eigenvalue weighted by atomic mass is 10.1. The van der Waals surface area contributed by atoms with Crippen molar-refractivity contribution in [3.63, 3.8) is 0 Å². The molecule has 7 nitrogen and oxygen atoms in total. The number of nitrogens with two attached hydrogens (primary N) is 1. The Labute approximate surface area is 138 Å². The lowest BCUT2D eigenvalue weighted by Crippen LogP contribution is -2.29. The molecule has 1 unspecified atom stereocenters. The van der Waals surface area contributed by atoms with E-state index in [1.165, 1.54) is 6.20 Å². The first kappa shape index (κ1) is 14.5. The molecular weight excluding hydrogens is 306 g/mol. The summed E-state index contributed by atoms with van der Waals surface area (Å²) in [5.74, 6) is -0.476. The van der Waals surface area contributed by atoms with Gasteiger partial charge in [-0.25, -0.2) is 0 Å². The molecule has 24 heavy (non-hydrogen) atoms. The van der Waals surface area contributed by atoms with Crippen LogP contribution < -0.4 is 5.73 Å². The third-order valence-electron chi connectivity index (χ3n) is 4.54. The number of primary amides is 1. The molecule has 7 heteroatoms. The van der Waals surface area contributed by atoms with Crippen LogP contribution in [-0.2, 0) is 0 Å². The Hall–Kier alpha value is -3.09. The molecule has 2 amide bonds. The molecule has 0 spiro atoms. The number of hydrogen-bond donors (Lipinski definition) is 2. The van der Waals surface area contributed by atoms with Gasteiger partial charge in [0.1, 0.15) is 0 Å². The van der Waals surface area contributed by atoms with Crippen LogP contribution in [0.25, 0.3) is 10.9 Å². The molecule has 122 valence electrons. The van der Waals surface area contributed by atoms with E-state index in [1.807, 2.05) is 35.4 Å². The Morgan fingerprint density at radius 1 is 1.29 bits per heavy atom. The predicted octanol–water partition coefficient (Wildman–Crippen LogP) is 1.55. The SMILES string of the molecule is NC(=O)c1cnn(C2CCN(C(=O)c3cccc4[nH]ccc34)C2)c1. The number of fused-ring (bicyclic) bond motifs is 1. The van der Waals surface area contributed by atoms with Crippen molar-refractivity contribution in [2.75, 3.05) is 13.1 Å². The lowest BCUT2D eigenvalue weighted by Gasteiger charge is -2.17. The van der Waals surface area contributed by atoms with Crippen LogP contribution in [0, 0.1) is 0 Å². The number of benzene rings is 1. The van der Waals surface area contributed by atoms with Crippen molar-refractivity contribution in [1.29, 1.82) is 0 Å². The summed E-state index contributed by atoms with van der Waals surface area (Å²) in [4.78, 5) is 29.0. The number of aromatic amines is 1. The van der Waals surface area contributed by atoms with Gasteiger partial charge in [0.15, 0.2) is 0 Å². The highest BCUT2D eigenvalue weighted by Gasteiger charge is 2.29. The van der Waals surface area contributed by atoms with Gasteiger partial charge in [0, 0.05) is 41.9 Å². The second-order valence-electron chi connectivity index (χ2n) is 6.01. The van der Waals surface area contributed by atoms with Gasteiger partial charge in [-0.3, -0.25) is 14.3 Å². The summed E-state index contributed by atoms with van der Waals surface area (Å²) in [7, 11) is 0. The number of likely N-dealkylation sites (tertiary alicyclic amines) is 1. The Morgan fingerprint density at radius 2 is 2.17 bits per heavy atom. The summed E-state index contributed by atoms with van der Waals surface area (Å²) in [5, 5.41) is 5.13. The molecule has 1 fully saturated rings. The molecule has 2 aromatic heterocycles. The smallest absolute Gasteiger partial charge is 0.254 e. The molecule has 0 saturated carbocycles. The average molecular weight is 323 g/mol. The Bertz CT molecular complexity index is 926. The highest BCUT2D eigenvalue weighted by molar-refractivity contribution is 6.06. The number of aromatic nitrogens is 3. The summed E-state index contributed by atoms with van der Waals surface area (Å²) >= 11 is 0. The fourth-order valence-corrected chi connectivity index (χ4v) is 3.25. The second kappa shape index (κ2) is 5.52. The van der Waals surface area contributed by atoms with Crippen LogP contribution in [0.5, 0.6) is 0 Å². The zero-order chi connectivity index (χ0) is 16.7. The minimum absolute atomic E-state index is 0.0185. The molecule has 1 atom stereocenters. The average Bonchev–Trinajstić information content (AvgIpc) is 3.31. The van der Waals surface area contributed by atoms with Gasteiger partial charge in [0.25, 0.3) is 11.8 Å². The Balaban J connectivity index is 1.55. The van der Waals surface area contributed by atoms with Crippen LogP contribution in [0.15, 0.2) is 42.9 Å². The molecule has 1 saturated heterocycles. The number of carbonyl (C=O) groups is 2. The standard InChI is InChI=1S/C17H17N5O2/c18-16(23)11-8-20-22(9-11)12-5-7-21(10-12)17(24)14-2-1-3-15-13(14)4-6-19-15/h1-4,6,8-9,12,19H,5,7,10H2,(H2,18,23). The summed E-state index contributed by atoms with van der Waals surface area (Å²) in [6.07, 6.45) is 5.75. The highest BCUT2D eigenvalue weighted by atomic mass is 16.2. The van der Waals surface area contributed by atoms with Crippen molar-refractivity contribution in [3.8, 4) is 0 Å². The maximum atomic E-state index is 12.9. The fourth-order valence-electron chi connectivity index (χ4n) is 3.25. The summed E-state index contributed by atoms with van der Waals surface area (Å²) in [5.41, 5.74) is 7.30. The van der Waals surface area contributed by atoms with Gasteiger partial charge in [-0.15, -0.1) is 0 Å². The molecular formula is C17H17N5O2. The molecule has 1 aromatic carbocycles. The highest BCUT2D eigenvalue weighted by Crippen LogP contribution is 2.25. The molecule has 3 N–H and O–H groups in total. The topological polar surface area (TPSA) is 97.0 Å². The normalized spacial score (nSPS) is 17.5. The van der Waals surface area contributed by atoms with E-state index in [1.54, 1.807) is 10.9 Å². The van der Waals surface area contributed by atoms with Gasteiger partial charge in [-0.1, -0.05) is 6.07 Å². The van der Waals surface area contributed by atoms with Gasteiger partial charge in [0.05, 0.1) is 17.8 Å². The molecule has 0 bridgehead atoms. The van der Waals surface area contributed by atoms with Crippen LogP contribution >= 0.6 is 0 Å². The molecule has 1 aliphatic heterocycles. The zero-order valence-corrected chi connectivity index (χ0v) is 13.0. The van der Waals surface area contributed by atoms with Crippen molar-refractivity contribution in [1.82, 2.24) is 19.7 Å². The third kappa shape index (κ3) is 2.34. The van der Waals surface area contributed by atoms with Crippen molar-refractivity contribution in [2.45, 2.75) is 12.5 Å². The number of H-pyrrole nitrogens is 1. The number of carbonyl (C=O) groups excluding carboxylic acids is 2. The van der Waals surface area contributed by atoms with Crippen molar-refractivity contribution in [3.05, 3.63) is 54.0 Å². The van der Waals surface area contributed by atoms with Gasteiger partial charge in [0.2, 0.25) is 0 Å². The Morgan fingerprint density at radius 3 is 2.96 bits per heavy atom. The number of hydrogen-bond acceptors (Lipinski definition) is 3. The van der Waals surface area contributed by atoms with E-state index in [-0.39, 0.29) is 11.9 Å². The van der Waals surface area contributed by atoms with Crippen molar-refractivity contribution >= 4 is 22.7 Å². The van der Waals surface area contributed by atoms with E-state index in [4.69, 9.17) is 5.73 Å². The zero-order valence-electron chi connectivity index (χ0n) is 13.0. The fraction of sp³-hybridized carbons (Fsp3) is 0.235. The third-order valence-corrected chi connectivity index (χ3v) is 4.54. The van der Waals surface area contributed by atoms with E-state index in [2.05, 4.69) is 10.1 Å². The number of rotatable bonds is 3. The summed E-state index contributed by atoms with van der Waals surface area (Å²) in [6.45, 7) is 1.23. The molecule has 1 aliphatic rings. The summed E-state index contributed by atoms with van der Waals surface area (Å²) in [6, 6.07) is 7.67. The molecule has 0 radical (unpaired) electrons. The van der Waals surface area contributed by atoms with Gasteiger partial charge in [-0.2, -0.15) is 5.10 Å². The van der Waals surface area contributed by atoms with Crippen LogP contribution in [-0.4, -0.2) is 44.6 Å². The minimum atomic E-state index is -0.494. The maximum Gasteiger partial charge on any atom is 0.254 e. The van der Waals surface area contributed by atoms with Gasteiger partial charge < -0.3 is 15.6 Å². The quantitative estimate of drug-likeness (QED) is 0.765. The van der Waals surface area contributed by atoms with Crippen molar-refractivity contribution < 1.29 is 9.59 Å².